The summed E-state index contributed by atoms with van der Waals surface area (Å²) < 4.78 is 5.08. The van der Waals surface area contributed by atoms with Gasteiger partial charge in [-0.1, -0.05) is 57.0 Å². The maximum absolute atomic E-state index is 5.08. The van der Waals surface area contributed by atoms with Crippen LogP contribution >= 0.6 is 0 Å². The van der Waals surface area contributed by atoms with Crippen LogP contribution in [0.3, 0.4) is 0 Å². The molecule has 0 saturated heterocycles. The van der Waals surface area contributed by atoms with E-state index in [4.69, 9.17) is 4.52 Å². The molecule has 0 radical (unpaired) electrons. The van der Waals surface area contributed by atoms with Crippen LogP contribution in [0.15, 0.2) is 9.52 Å². The zero-order chi connectivity index (χ0) is 16.8. The summed E-state index contributed by atoms with van der Waals surface area (Å²) in [5.74, 6) is 2.18. The van der Waals surface area contributed by atoms with Gasteiger partial charge in [-0.25, -0.2) is 0 Å². The molecule has 0 fully saturated rings. The normalized spacial score (nSPS) is 11.7. The topological polar surface area (TPSA) is 75.3 Å². The fraction of sp³-hybridized carbons (Fsp3) is 0.824. The van der Waals surface area contributed by atoms with E-state index in [-0.39, 0.29) is 0 Å². The molecule has 0 unspecified atom stereocenters. The van der Waals surface area contributed by atoms with Crippen molar-refractivity contribution in [1.29, 1.82) is 0 Å². The Morgan fingerprint density at radius 3 is 2.26 bits per heavy atom. The molecule has 0 saturated carbocycles. The first-order valence-corrected chi connectivity index (χ1v) is 9.00. The van der Waals surface area contributed by atoms with E-state index in [2.05, 4.69) is 32.7 Å². The highest BCUT2D eigenvalue weighted by Crippen LogP contribution is 2.07. The summed E-state index contributed by atoms with van der Waals surface area (Å²) in [5.41, 5.74) is 0. The smallest absolute Gasteiger partial charge is 0.228 e. The lowest BCUT2D eigenvalue weighted by atomic mass is 10.1. The summed E-state index contributed by atoms with van der Waals surface area (Å²) >= 11 is 0. The lowest BCUT2D eigenvalue weighted by Crippen LogP contribution is -2.38. The zero-order valence-corrected chi connectivity index (χ0v) is 15.0. The Kier molecular flexibility index (Phi) is 10.9. The summed E-state index contributed by atoms with van der Waals surface area (Å²) in [6.45, 7) is 5.79. The van der Waals surface area contributed by atoms with Crippen LogP contribution in [0.1, 0.15) is 70.0 Å². The molecule has 0 amide bonds. The maximum atomic E-state index is 5.08. The Morgan fingerprint density at radius 2 is 1.65 bits per heavy atom. The van der Waals surface area contributed by atoms with Crippen molar-refractivity contribution >= 4 is 5.96 Å². The fourth-order valence-corrected chi connectivity index (χ4v) is 2.42. The number of unbranched alkanes of at least 4 members (excludes halogenated alkanes) is 7. The summed E-state index contributed by atoms with van der Waals surface area (Å²) in [7, 11) is 1.79. The van der Waals surface area contributed by atoms with Gasteiger partial charge in [0.15, 0.2) is 11.8 Å². The number of aliphatic imine (C=N–C) groups is 1. The van der Waals surface area contributed by atoms with Gasteiger partial charge >= 0.3 is 0 Å². The number of guanidine groups is 1. The zero-order valence-electron chi connectivity index (χ0n) is 15.0. The van der Waals surface area contributed by atoms with Gasteiger partial charge in [-0.05, 0) is 13.3 Å². The van der Waals surface area contributed by atoms with Gasteiger partial charge in [-0.2, -0.15) is 4.98 Å². The molecule has 0 aromatic carbocycles. The van der Waals surface area contributed by atoms with Gasteiger partial charge in [0.2, 0.25) is 5.89 Å². The number of aromatic nitrogens is 2. The van der Waals surface area contributed by atoms with Gasteiger partial charge in [-0.3, -0.25) is 4.99 Å². The number of aryl methyl sites for hydroxylation is 1. The van der Waals surface area contributed by atoms with Gasteiger partial charge in [0.05, 0.1) is 0 Å². The molecule has 1 aromatic rings. The second-order valence-electron chi connectivity index (χ2n) is 5.89. The summed E-state index contributed by atoms with van der Waals surface area (Å²) in [6, 6.07) is 0. The predicted octanol–water partition coefficient (Wildman–Crippen LogP) is 3.23. The van der Waals surface area contributed by atoms with Crippen molar-refractivity contribution in [3.05, 3.63) is 11.7 Å². The molecule has 0 spiro atoms. The molecular weight excluding hydrogens is 290 g/mol. The van der Waals surface area contributed by atoms with Crippen LogP contribution in [-0.2, 0) is 6.42 Å². The molecule has 6 heteroatoms. The highest BCUT2D eigenvalue weighted by Gasteiger charge is 2.03. The van der Waals surface area contributed by atoms with E-state index in [1.165, 1.54) is 51.4 Å². The third-order valence-corrected chi connectivity index (χ3v) is 3.75. The molecule has 6 nitrogen and oxygen atoms in total. The highest BCUT2D eigenvalue weighted by molar-refractivity contribution is 5.79. The Morgan fingerprint density at radius 1 is 1.00 bits per heavy atom. The first kappa shape index (κ1) is 19.5. The van der Waals surface area contributed by atoms with Crippen LogP contribution in [0, 0.1) is 6.92 Å². The molecule has 2 N–H and O–H groups in total. The maximum Gasteiger partial charge on any atom is 0.228 e. The molecule has 132 valence electrons. The number of rotatable bonds is 12. The first-order valence-electron chi connectivity index (χ1n) is 9.00. The summed E-state index contributed by atoms with van der Waals surface area (Å²) in [4.78, 5) is 8.40. The second-order valence-corrected chi connectivity index (χ2v) is 5.89. The van der Waals surface area contributed by atoms with Crippen molar-refractivity contribution in [2.24, 2.45) is 4.99 Å². The molecule has 0 bridgehead atoms. The van der Waals surface area contributed by atoms with Crippen LogP contribution in [0.5, 0.6) is 0 Å². The monoisotopic (exact) mass is 323 g/mol. The molecule has 0 aliphatic carbocycles. The van der Waals surface area contributed by atoms with Gasteiger partial charge < -0.3 is 15.2 Å². The predicted molar refractivity (Wildman–Crippen MR) is 94.7 cm³/mol. The minimum Gasteiger partial charge on any atom is -0.356 e. The molecular formula is C17H33N5O. The van der Waals surface area contributed by atoms with Crippen molar-refractivity contribution in [3.63, 3.8) is 0 Å². The van der Waals surface area contributed by atoms with E-state index >= 15 is 0 Å². The van der Waals surface area contributed by atoms with Crippen LogP contribution in [0.2, 0.25) is 0 Å². The number of hydrogen-bond donors (Lipinski definition) is 2. The second kappa shape index (κ2) is 12.9. The van der Waals surface area contributed by atoms with E-state index in [1.54, 1.807) is 7.05 Å². The Labute approximate surface area is 140 Å². The van der Waals surface area contributed by atoms with Crippen LogP contribution < -0.4 is 10.6 Å². The quantitative estimate of drug-likeness (QED) is 0.351. The number of nitrogens with zero attached hydrogens (tertiary/aromatic N) is 3. The van der Waals surface area contributed by atoms with Gasteiger partial charge in [0, 0.05) is 26.6 Å². The van der Waals surface area contributed by atoms with E-state index in [9.17, 15) is 0 Å². The first-order chi connectivity index (χ1) is 11.3. The Balaban J connectivity index is 1.97. The minimum absolute atomic E-state index is 0.661. The average Bonchev–Trinajstić information content (AvgIpc) is 2.97. The van der Waals surface area contributed by atoms with E-state index in [0.29, 0.717) is 18.1 Å². The van der Waals surface area contributed by atoms with Gasteiger partial charge in [0.1, 0.15) is 0 Å². The lowest BCUT2D eigenvalue weighted by Gasteiger charge is -2.10. The van der Waals surface area contributed by atoms with Crippen LogP contribution in [0.4, 0.5) is 0 Å². The van der Waals surface area contributed by atoms with Crippen molar-refractivity contribution in [2.45, 2.75) is 71.6 Å². The van der Waals surface area contributed by atoms with Crippen molar-refractivity contribution < 1.29 is 4.52 Å². The molecule has 0 aliphatic heterocycles. The highest BCUT2D eigenvalue weighted by atomic mass is 16.5. The van der Waals surface area contributed by atoms with Crippen LogP contribution in [-0.4, -0.2) is 36.2 Å². The Bertz CT molecular complexity index is 430. The number of nitrogens with one attached hydrogen (secondary N) is 2. The third kappa shape index (κ3) is 9.92. The van der Waals surface area contributed by atoms with Crippen molar-refractivity contribution in [2.75, 3.05) is 20.1 Å². The molecule has 0 atom stereocenters. The SMILES string of the molecule is CCCCCCCCCCNC(=NC)NCCc1nc(C)no1. The van der Waals surface area contributed by atoms with E-state index in [1.807, 2.05) is 6.92 Å². The van der Waals surface area contributed by atoms with E-state index in [0.717, 1.165) is 19.0 Å². The van der Waals surface area contributed by atoms with Crippen molar-refractivity contribution in [1.82, 2.24) is 20.8 Å². The summed E-state index contributed by atoms with van der Waals surface area (Å²) in [6.07, 6.45) is 11.4. The minimum atomic E-state index is 0.661. The largest absolute Gasteiger partial charge is 0.356 e. The average molecular weight is 323 g/mol. The molecule has 23 heavy (non-hydrogen) atoms. The van der Waals surface area contributed by atoms with Crippen LogP contribution in [0.25, 0.3) is 0 Å². The van der Waals surface area contributed by atoms with Gasteiger partial charge in [0.25, 0.3) is 0 Å². The third-order valence-electron chi connectivity index (χ3n) is 3.75. The van der Waals surface area contributed by atoms with E-state index < -0.39 is 0 Å². The standard InChI is InChI=1S/C17H33N5O/c1-4-5-6-7-8-9-10-11-13-19-17(18-3)20-14-12-16-21-15(2)22-23-16/h4-14H2,1-3H3,(H2,18,19,20). The molecule has 1 aromatic heterocycles. The van der Waals surface area contributed by atoms with Crippen molar-refractivity contribution in [3.8, 4) is 0 Å². The van der Waals surface area contributed by atoms with Gasteiger partial charge in [-0.15, -0.1) is 0 Å². The fourth-order valence-electron chi connectivity index (χ4n) is 2.42. The summed E-state index contributed by atoms with van der Waals surface area (Å²) in [5, 5.41) is 10.4. The molecule has 1 heterocycles. The Hall–Kier alpha value is -1.59. The number of hydrogen-bond acceptors (Lipinski definition) is 4. The lowest BCUT2D eigenvalue weighted by molar-refractivity contribution is 0.374. The molecule has 0 aliphatic rings. The molecule has 1 rings (SSSR count).